The Hall–Kier alpha value is -1.50. The van der Waals surface area contributed by atoms with Crippen LogP contribution in [0.1, 0.15) is 13.8 Å². The second kappa shape index (κ2) is 6.78. The van der Waals surface area contributed by atoms with E-state index in [1.807, 2.05) is 62.5 Å². The van der Waals surface area contributed by atoms with Gasteiger partial charge in [-0.25, -0.2) is 0 Å². The summed E-state index contributed by atoms with van der Waals surface area (Å²) < 4.78 is 0. The van der Waals surface area contributed by atoms with Gasteiger partial charge in [0.2, 0.25) is 0 Å². The van der Waals surface area contributed by atoms with Crippen molar-refractivity contribution in [2.75, 3.05) is 0 Å². The molecule has 3 heteroatoms. The molecule has 1 nitrogen and oxygen atoms in total. The molecule has 0 saturated carbocycles. The number of rotatable bonds is 4. The van der Waals surface area contributed by atoms with Crippen LogP contribution in [-0.4, -0.2) is 5.45 Å². The molecule has 2 aromatic carbocycles. The standard InChI is InChI=1S/C17H18NPS/c1-3-14-18-15(2)19(20,16-10-6-4-7-11-16)17-12-8-5-9-13-17/h3-14H,1-2H3. The zero-order valence-electron chi connectivity index (χ0n) is 11.7. The summed E-state index contributed by atoms with van der Waals surface area (Å²) in [5, 5.41) is 2.37. The summed E-state index contributed by atoms with van der Waals surface area (Å²) >= 11 is 6.12. The molecule has 0 saturated heterocycles. The number of benzene rings is 2. The van der Waals surface area contributed by atoms with Crippen molar-refractivity contribution in [3.63, 3.8) is 0 Å². The van der Waals surface area contributed by atoms with Crippen LogP contribution in [0.15, 0.2) is 77.9 Å². The third kappa shape index (κ3) is 2.98. The quantitative estimate of drug-likeness (QED) is 0.612. The van der Waals surface area contributed by atoms with Gasteiger partial charge in [-0.2, -0.15) is 0 Å². The van der Waals surface area contributed by atoms with Gasteiger partial charge in [0.05, 0.1) is 11.5 Å². The van der Waals surface area contributed by atoms with Crippen molar-refractivity contribution in [3.05, 3.63) is 72.9 Å². The minimum Gasteiger partial charge on any atom is -0.260 e. The predicted molar refractivity (Wildman–Crippen MR) is 94.4 cm³/mol. The highest BCUT2D eigenvalue weighted by atomic mass is 32.4. The van der Waals surface area contributed by atoms with Crippen LogP contribution in [0.3, 0.4) is 0 Å². The van der Waals surface area contributed by atoms with E-state index in [-0.39, 0.29) is 0 Å². The van der Waals surface area contributed by atoms with Gasteiger partial charge >= 0.3 is 0 Å². The van der Waals surface area contributed by atoms with E-state index in [4.69, 9.17) is 11.8 Å². The molecule has 0 unspecified atom stereocenters. The zero-order chi connectivity index (χ0) is 14.4. The molecule has 0 radical (unpaired) electrons. The SMILES string of the molecule is CC=CN=C(C)P(=S)(c1ccccc1)c1ccccc1. The summed E-state index contributed by atoms with van der Waals surface area (Å²) in [6.07, 6.45) is 3.75. The molecule has 2 aromatic rings. The second-order valence-corrected chi connectivity index (χ2v) is 8.98. The fraction of sp³-hybridized carbons (Fsp3) is 0.118. The third-order valence-electron chi connectivity index (χ3n) is 3.11. The Kier molecular flexibility index (Phi) is 5.05. The van der Waals surface area contributed by atoms with Crippen LogP contribution < -0.4 is 10.6 Å². The lowest BCUT2D eigenvalue weighted by Crippen LogP contribution is -2.20. The monoisotopic (exact) mass is 299 g/mol. The Balaban J connectivity index is 2.65. The first-order valence-corrected chi connectivity index (χ1v) is 9.37. The molecule has 0 fully saturated rings. The fourth-order valence-electron chi connectivity index (χ4n) is 2.06. The van der Waals surface area contributed by atoms with E-state index in [1.54, 1.807) is 0 Å². The summed E-state index contributed by atoms with van der Waals surface area (Å²) in [5.74, 6) is 0. The van der Waals surface area contributed by atoms with Crippen LogP contribution in [0.5, 0.6) is 0 Å². The van der Waals surface area contributed by atoms with E-state index in [0.717, 1.165) is 5.45 Å². The maximum atomic E-state index is 6.12. The second-order valence-electron chi connectivity index (χ2n) is 4.44. The molecule has 0 aliphatic rings. The lowest BCUT2D eigenvalue weighted by Gasteiger charge is -2.23. The van der Waals surface area contributed by atoms with E-state index in [0.29, 0.717) is 0 Å². The Labute approximate surface area is 126 Å². The summed E-state index contributed by atoms with van der Waals surface area (Å²) in [5.41, 5.74) is 1.02. The van der Waals surface area contributed by atoms with Crippen LogP contribution in [0.4, 0.5) is 0 Å². The lowest BCUT2D eigenvalue weighted by atomic mass is 10.4. The smallest absolute Gasteiger partial charge is 0.0561 e. The van der Waals surface area contributed by atoms with E-state index in [1.165, 1.54) is 10.6 Å². The number of hydrogen-bond donors (Lipinski definition) is 0. The largest absolute Gasteiger partial charge is 0.260 e. The average Bonchev–Trinajstić information content (AvgIpc) is 2.53. The topological polar surface area (TPSA) is 12.4 Å². The normalized spacial score (nSPS) is 12.8. The van der Waals surface area contributed by atoms with Crippen molar-refractivity contribution < 1.29 is 0 Å². The third-order valence-corrected chi connectivity index (χ3v) is 8.24. The van der Waals surface area contributed by atoms with E-state index >= 15 is 0 Å². The van der Waals surface area contributed by atoms with Gasteiger partial charge in [0.1, 0.15) is 0 Å². The highest BCUT2D eigenvalue weighted by molar-refractivity contribution is 8.29. The highest BCUT2D eigenvalue weighted by Crippen LogP contribution is 2.45. The minimum absolute atomic E-state index is 1.02. The van der Waals surface area contributed by atoms with Crippen molar-refractivity contribution in [2.24, 2.45) is 4.99 Å². The number of hydrogen-bond acceptors (Lipinski definition) is 2. The first-order chi connectivity index (χ1) is 9.69. The molecule has 0 amide bonds. The molecule has 0 heterocycles. The van der Waals surface area contributed by atoms with Gasteiger partial charge in [-0.05, 0) is 24.5 Å². The Morgan fingerprint density at radius 2 is 1.40 bits per heavy atom. The van der Waals surface area contributed by atoms with Crippen molar-refractivity contribution in [3.8, 4) is 0 Å². The van der Waals surface area contributed by atoms with Crippen molar-refractivity contribution in [1.82, 2.24) is 0 Å². The van der Waals surface area contributed by atoms with E-state index in [9.17, 15) is 0 Å². The van der Waals surface area contributed by atoms with Gasteiger partial charge in [0.25, 0.3) is 0 Å². The summed E-state index contributed by atoms with van der Waals surface area (Å²) in [6.45, 7) is 4.01. The maximum Gasteiger partial charge on any atom is 0.0561 e. The van der Waals surface area contributed by atoms with Gasteiger partial charge in [-0.15, -0.1) is 0 Å². The predicted octanol–water partition coefficient (Wildman–Crippen LogP) is 4.07. The molecule has 0 aromatic heterocycles. The summed E-state index contributed by atoms with van der Waals surface area (Å²) in [6, 6.07) is 18.7. The first-order valence-electron chi connectivity index (χ1n) is 6.57. The number of allylic oxidation sites excluding steroid dienone is 1. The van der Waals surface area contributed by atoms with Crippen LogP contribution in [-0.2, 0) is 11.8 Å². The average molecular weight is 299 g/mol. The fourth-order valence-corrected chi connectivity index (χ4v) is 5.39. The van der Waals surface area contributed by atoms with Gasteiger partial charge in [0, 0.05) is 6.20 Å². The Morgan fingerprint density at radius 3 is 1.80 bits per heavy atom. The lowest BCUT2D eigenvalue weighted by molar-refractivity contribution is 1.52. The number of aliphatic imine (C=N–C) groups is 1. The minimum atomic E-state index is -2.01. The zero-order valence-corrected chi connectivity index (χ0v) is 13.4. The Morgan fingerprint density at radius 1 is 0.950 bits per heavy atom. The molecular formula is C17H18NPS. The molecule has 0 bridgehead atoms. The number of nitrogens with zero attached hydrogens (tertiary/aromatic N) is 1. The molecule has 0 N–H and O–H groups in total. The van der Waals surface area contributed by atoms with Crippen molar-refractivity contribution in [2.45, 2.75) is 13.8 Å². The summed E-state index contributed by atoms with van der Waals surface area (Å²) in [4.78, 5) is 4.55. The molecule has 0 aliphatic heterocycles. The molecule has 0 atom stereocenters. The van der Waals surface area contributed by atoms with Crippen LogP contribution in [0.25, 0.3) is 0 Å². The van der Waals surface area contributed by atoms with Crippen LogP contribution >= 0.6 is 6.04 Å². The van der Waals surface area contributed by atoms with Crippen LogP contribution in [0, 0.1) is 0 Å². The van der Waals surface area contributed by atoms with E-state index < -0.39 is 6.04 Å². The molecule has 0 aliphatic carbocycles. The molecular weight excluding hydrogens is 281 g/mol. The van der Waals surface area contributed by atoms with Crippen LogP contribution in [0.2, 0.25) is 0 Å². The summed E-state index contributed by atoms with van der Waals surface area (Å²) in [7, 11) is 0. The van der Waals surface area contributed by atoms with E-state index in [2.05, 4.69) is 29.3 Å². The molecule has 0 spiro atoms. The highest BCUT2D eigenvalue weighted by Gasteiger charge is 2.25. The molecule has 2 rings (SSSR count). The van der Waals surface area contributed by atoms with Crippen molar-refractivity contribution >= 4 is 33.9 Å². The Bertz CT molecular complexity index is 616. The maximum absolute atomic E-state index is 6.12. The van der Waals surface area contributed by atoms with Gasteiger partial charge < -0.3 is 0 Å². The van der Waals surface area contributed by atoms with Crippen molar-refractivity contribution in [1.29, 1.82) is 0 Å². The molecule has 20 heavy (non-hydrogen) atoms. The first kappa shape index (κ1) is 14.9. The van der Waals surface area contributed by atoms with Gasteiger partial charge in [0.15, 0.2) is 0 Å². The van der Waals surface area contributed by atoms with Gasteiger partial charge in [-0.1, -0.05) is 78.5 Å². The van der Waals surface area contributed by atoms with Gasteiger partial charge in [-0.3, -0.25) is 4.99 Å². The molecule has 102 valence electrons.